The van der Waals surface area contributed by atoms with Gasteiger partial charge in [0.05, 0.1) is 23.8 Å². The number of amides is 2. The highest BCUT2D eigenvalue weighted by Gasteiger charge is 2.25. The van der Waals surface area contributed by atoms with Crippen molar-refractivity contribution in [3.8, 4) is 5.75 Å². The number of carbonyl (C=O) groups is 2. The van der Waals surface area contributed by atoms with Gasteiger partial charge in [-0.2, -0.15) is 0 Å². The largest absolute Gasteiger partial charge is 0.497 e. The number of aromatic nitrogens is 3. The number of hydrogen-bond acceptors (Lipinski definition) is 8. The molecule has 1 heterocycles. The zero-order chi connectivity index (χ0) is 26.4. The van der Waals surface area contributed by atoms with Gasteiger partial charge < -0.3 is 19.9 Å². The van der Waals surface area contributed by atoms with Crippen molar-refractivity contribution in [2.75, 3.05) is 18.2 Å². The van der Waals surface area contributed by atoms with E-state index in [1.165, 1.54) is 17.8 Å². The Morgan fingerprint density at radius 3 is 2.47 bits per heavy atom. The highest BCUT2D eigenvalue weighted by atomic mass is 32.2. The van der Waals surface area contributed by atoms with Crippen molar-refractivity contribution in [2.45, 2.75) is 32.0 Å². The fourth-order valence-electron chi connectivity index (χ4n) is 3.43. The molecule has 0 saturated carbocycles. The molecule has 3 aromatic rings. The first-order valence-corrected chi connectivity index (χ1v) is 12.1. The van der Waals surface area contributed by atoms with Gasteiger partial charge >= 0.3 is 0 Å². The smallest absolute Gasteiger partial charge is 0.274 e. The van der Waals surface area contributed by atoms with E-state index in [-0.39, 0.29) is 29.2 Å². The van der Waals surface area contributed by atoms with Crippen LogP contribution in [0.1, 0.15) is 41.6 Å². The molecule has 0 unspecified atom stereocenters. The first-order chi connectivity index (χ1) is 17.1. The van der Waals surface area contributed by atoms with Crippen LogP contribution in [0.25, 0.3) is 0 Å². The van der Waals surface area contributed by atoms with Crippen molar-refractivity contribution in [2.24, 2.45) is 13.0 Å². The van der Waals surface area contributed by atoms with E-state index in [1.807, 2.05) is 13.8 Å². The summed E-state index contributed by atoms with van der Waals surface area (Å²) >= 11 is 1.17. The van der Waals surface area contributed by atoms with Crippen molar-refractivity contribution in [1.82, 2.24) is 20.1 Å². The van der Waals surface area contributed by atoms with Gasteiger partial charge in [0, 0.05) is 29.9 Å². The molecular formula is C24H28N6O5S. The van der Waals surface area contributed by atoms with E-state index in [1.54, 1.807) is 62.0 Å². The number of benzene rings is 2. The number of aryl methyl sites for hydroxylation is 1. The van der Waals surface area contributed by atoms with Crippen LogP contribution in [0.4, 0.5) is 11.4 Å². The normalized spacial score (nSPS) is 11.7. The fraction of sp³-hybridized carbons (Fsp3) is 0.333. The van der Waals surface area contributed by atoms with Crippen LogP contribution >= 0.6 is 11.8 Å². The third kappa shape index (κ3) is 6.39. The van der Waals surface area contributed by atoms with Crippen molar-refractivity contribution in [3.05, 3.63) is 69.5 Å². The molecule has 0 aliphatic heterocycles. The highest BCUT2D eigenvalue weighted by molar-refractivity contribution is 7.99. The molecule has 1 aromatic heterocycles. The number of thioether (sulfide) groups is 1. The molecule has 0 saturated heterocycles. The summed E-state index contributed by atoms with van der Waals surface area (Å²) in [6.45, 7) is 5.57. The predicted octanol–water partition coefficient (Wildman–Crippen LogP) is 3.90. The average Bonchev–Trinajstić information content (AvgIpc) is 3.21. The summed E-state index contributed by atoms with van der Waals surface area (Å²) in [4.78, 5) is 35.9. The minimum Gasteiger partial charge on any atom is -0.497 e. The van der Waals surface area contributed by atoms with Gasteiger partial charge in [-0.1, -0.05) is 31.7 Å². The molecule has 0 fully saturated rings. The van der Waals surface area contributed by atoms with Gasteiger partial charge in [0.1, 0.15) is 5.75 Å². The van der Waals surface area contributed by atoms with E-state index >= 15 is 0 Å². The van der Waals surface area contributed by atoms with Crippen molar-refractivity contribution in [3.63, 3.8) is 0 Å². The Balaban J connectivity index is 1.66. The monoisotopic (exact) mass is 512 g/mol. The first kappa shape index (κ1) is 26.7. The van der Waals surface area contributed by atoms with Crippen LogP contribution in [0.5, 0.6) is 5.75 Å². The Labute approximate surface area is 212 Å². The Kier molecular flexibility index (Phi) is 8.64. The second kappa shape index (κ2) is 11.7. The zero-order valence-corrected chi connectivity index (χ0v) is 21.5. The number of nitrogens with one attached hydrogen (secondary N) is 2. The summed E-state index contributed by atoms with van der Waals surface area (Å²) < 4.78 is 6.88. The number of ether oxygens (including phenoxy) is 1. The van der Waals surface area contributed by atoms with Gasteiger partial charge in [-0.25, -0.2) is 0 Å². The van der Waals surface area contributed by atoms with Crippen molar-refractivity contribution >= 4 is 35.0 Å². The van der Waals surface area contributed by atoms with E-state index < -0.39 is 11.0 Å². The zero-order valence-electron chi connectivity index (χ0n) is 20.6. The van der Waals surface area contributed by atoms with Crippen molar-refractivity contribution in [1.29, 1.82) is 0 Å². The molecule has 11 nitrogen and oxygen atoms in total. The van der Waals surface area contributed by atoms with Crippen molar-refractivity contribution < 1.29 is 19.2 Å². The van der Waals surface area contributed by atoms with Gasteiger partial charge in [0.15, 0.2) is 11.0 Å². The van der Waals surface area contributed by atoms with Crippen LogP contribution in [-0.2, 0) is 11.8 Å². The molecule has 2 aromatic carbocycles. The lowest BCUT2D eigenvalue weighted by Gasteiger charge is -2.21. The lowest BCUT2D eigenvalue weighted by Crippen LogP contribution is -2.33. The molecule has 2 N–H and O–H groups in total. The van der Waals surface area contributed by atoms with Gasteiger partial charge in [-0.15, -0.1) is 10.2 Å². The second-order valence-electron chi connectivity index (χ2n) is 8.42. The molecule has 190 valence electrons. The second-order valence-corrected chi connectivity index (χ2v) is 9.36. The number of nitro benzene ring substituents is 1. The van der Waals surface area contributed by atoms with Crippen LogP contribution < -0.4 is 15.4 Å². The van der Waals surface area contributed by atoms with Crippen LogP contribution in [-0.4, -0.2) is 44.4 Å². The van der Waals surface area contributed by atoms with Gasteiger partial charge in [0.25, 0.3) is 11.6 Å². The average molecular weight is 513 g/mol. The third-order valence-electron chi connectivity index (χ3n) is 5.47. The highest BCUT2D eigenvalue weighted by Crippen LogP contribution is 2.26. The minimum atomic E-state index is -0.487. The predicted molar refractivity (Wildman–Crippen MR) is 136 cm³/mol. The fourth-order valence-corrected chi connectivity index (χ4v) is 4.15. The molecule has 0 spiro atoms. The molecule has 1 atom stereocenters. The molecular weight excluding hydrogens is 484 g/mol. The lowest BCUT2D eigenvalue weighted by molar-refractivity contribution is -0.385. The molecule has 0 radical (unpaired) electrons. The van der Waals surface area contributed by atoms with E-state index in [2.05, 4.69) is 20.8 Å². The molecule has 0 aliphatic carbocycles. The number of methoxy groups -OCH3 is 1. The molecule has 0 aliphatic rings. The Bertz CT molecular complexity index is 1260. The molecule has 36 heavy (non-hydrogen) atoms. The standard InChI is InChI=1S/C24H28N6O5S/c1-14(2)21(26-23(32)16-7-10-18(35-5)11-8-16)22-27-28-24(29(22)4)36-13-20(31)25-17-9-6-15(3)19(12-17)30(33)34/h6-12,14,21H,13H2,1-5H3,(H,25,31)(H,26,32)/t21-/m0/s1. The van der Waals surface area contributed by atoms with Gasteiger partial charge in [-0.05, 0) is 43.2 Å². The SMILES string of the molecule is COc1ccc(C(=O)N[C@H](c2nnc(SCC(=O)Nc3ccc(C)c([N+](=O)[O-])c3)n2C)C(C)C)cc1. The van der Waals surface area contributed by atoms with Crippen LogP contribution in [0.3, 0.4) is 0 Å². The number of nitrogens with zero attached hydrogens (tertiary/aromatic N) is 4. The van der Waals surface area contributed by atoms with E-state index in [9.17, 15) is 19.7 Å². The first-order valence-electron chi connectivity index (χ1n) is 11.1. The van der Waals surface area contributed by atoms with E-state index in [4.69, 9.17) is 4.74 Å². The number of anilines is 1. The maximum Gasteiger partial charge on any atom is 0.274 e. The molecule has 3 rings (SSSR count). The Morgan fingerprint density at radius 1 is 1.17 bits per heavy atom. The van der Waals surface area contributed by atoms with Gasteiger partial charge in [-0.3, -0.25) is 19.7 Å². The number of nitro groups is 1. The summed E-state index contributed by atoms with van der Waals surface area (Å²) in [6, 6.07) is 10.9. The number of rotatable bonds is 10. The maximum absolute atomic E-state index is 12.8. The third-order valence-corrected chi connectivity index (χ3v) is 6.49. The molecule has 0 bridgehead atoms. The van der Waals surface area contributed by atoms with E-state index in [0.29, 0.717) is 33.5 Å². The summed E-state index contributed by atoms with van der Waals surface area (Å²) in [6.07, 6.45) is 0. The van der Waals surface area contributed by atoms with E-state index in [0.717, 1.165) is 0 Å². The van der Waals surface area contributed by atoms with Crippen LogP contribution in [0.15, 0.2) is 47.6 Å². The Morgan fingerprint density at radius 2 is 1.86 bits per heavy atom. The molecule has 2 amide bonds. The quantitative estimate of drug-likeness (QED) is 0.237. The lowest BCUT2D eigenvalue weighted by atomic mass is 10.0. The summed E-state index contributed by atoms with van der Waals surface area (Å²) in [7, 11) is 3.33. The Hall–Kier alpha value is -3.93. The number of hydrogen-bond donors (Lipinski definition) is 2. The topological polar surface area (TPSA) is 141 Å². The molecule has 12 heteroatoms. The van der Waals surface area contributed by atoms with Crippen LogP contribution in [0.2, 0.25) is 0 Å². The van der Waals surface area contributed by atoms with Gasteiger partial charge in [0.2, 0.25) is 5.91 Å². The number of carbonyl (C=O) groups excluding carboxylic acids is 2. The summed E-state index contributed by atoms with van der Waals surface area (Å²) in [5.41, 5.74) is 1.29. The summed E-state index contributed by atoms with van der Waals surface area (Å²) in [5.74, 6) is 0.679. The minimum absolute atomic E-state index is 0.0218. The maximum atomic E-state index is 12.8. The van der Waals surface area contributed by atoms with Crippen LogP contribution in [0, 0.1) is 23.0 Å². The summed E-state index contributed by atoms with van der Waals surface area (Å²) in [5, 5.41) is 25.8.